The van der Waals surface area contributed by atoms with E-state index in [1.807, 2.05) is 0 Å². The van der Waals surface area contributed by atoms with Gasteiger partial charge in [0, 0.05) is 19.3 Å². The summed E-state index contributed by atoms with van der Waals surface area (Å²) in [7, 11) is 0. The Morgan fingerprint density at radius 2 is 1.89 bits per heavy atom. The molecule has 2 aliphatic rings. The minimum Gasteiger partial charge on any atom is -0.381 e. The smallest absolute Gasteiger partial charge is 0.0468 e. The van der Waals surface area contributed by atoms with Gasteiger partial charge in [-0.3, -0.25) is 0 Å². The first-order valence-electron chi connectivity index (χ1n) is 8.44. The number of ether oxygens (including phenoxy) is 1. The van der Waals surface area contributed by atoms with Crippen LogP contribution in [0.25, 0.3) is 0 Å². The Hall–Kier alpha value is -0.0800. The van der Waals surface area contributed by atoms with Crippen molar-refractivity contribution in [2.75, 3.05) is 19.8 Å². The second kappa shape index (κ2) is 7.08. The molecule has 1 saturated carbocycles. The molecular weight excluding hydrogens is 234 g/mol. The lowest BCUT2D eigenvalue weighted by Gasteiger charge is -2.44. The molecule has 2 nitrogen and oxygen atoms in total. The molecule has 2 fully saturated rings. The highest BCUT2D eigenvalue weighted by Gasteiger charge is 2.38. The Labute approximate surface area is 119 Å². The zero-order valence-electron chi connectivity index (χ0n) is 13.2. The highest BCUT2D eigenvalue weighted by atomic mass is 16.5. The van der Waals surface area contributed by atoms with Crippen molar-refractivity contribution < 1.29 is 4.74 Å². The van der Waals surface area contributed by atoms with Crippen LogP contribution in [-0.4, -0.2) is 25.8 Å². The van der Waals surface area contributed by atoms with E-state index < -0.39 is 0 Å². The van der Waals surface area contributed by atoms with E-state index in [-0.39, 0.29) is 0 Å². The Morgan fingerprint density at radius 3 is 2.53 bits per heavy atom. The van der Waals surface area contributed by atoms with E-state index in [1.165, 1.54) is 44.9 Å². The summed E-state index contributed by atoms with van der Waals surface area (Å²) >= 11 is 0. The molecule has 0 amide bonds. The van der Waals surface area contributed by atoms with Crippen LogP contribution in [0.3, 0.4) is 0 Å². The Morgan fingerprint density at radius 1 is 1.16 bits per heavy atom. The predicted octanol–water partition coefficient (Wildman–Crippen LogP) is 4.00. The maximum atomic E-state index is 5.51. The summed E-state index contributed by atoms with van der Waals surface area (Å²) in [4.78, 5) is 0. The van der Waals surface area contributed by atoms with Crippen LogP contribution < -0.4 is 5.32 Å². The maximum Gasteiger partial charge on any atom is 0.0468 e. The normalized spacial score (nSPS) is 30.2. The zero-order chi connectivity index (χ0) is 13.7. The molecule has 2 rings (SSSR count). The third-order valence-corrected chi connectivity index (χ3v) is 5.47. The monoisotopic (exact) mass is 267 g/mol. The van der Waals surface area contributed by atoms with Gasteiger partial charge in [0.25, 0.3) is 0 Å². The van der Waals surface area contributed by atoms with Crippen molar-refractivity contribution in [3.8, 4) is 0 Å². The van der Waals surface area contributed by atoms with Crippen LogP contribution in [0, 0.1) is 17.3 Å². The van der Waals surface area contributed by atoms with E-state index in [0.29, 0.717) is 5.41 Å². The van der Waals surface area contributed by atoms with Crippen LogP contribution >= 0.6 is 0 Å². The maximum absolute atomic E-state index is 5.51. The molecule has 0 aromatic heterocycles. The quantitative estimate of drug-likeness (QED) is 0.813. The first-order valence-corrected chi connectivity index (χ1v) is 8.44. The summed E-state index contributed by atoms with van der Waals surface area (Å²) in [5.74, 6) is 1.75. The first kappa shape index (κ1) is 15.3. The summed E-state index contributed by atoms with van der Waals surface area (Å²) in [5, 5.41) is 3.81. The van der Waals surface area contributed by atoms with E-state index in [2.05, 4.69) is 26.1 Å². The predicted molar refractivity (Wildman–Crippen MR) is 81.4 cm³/mol. The van der Waals surface area contributed by atoms with Crippen molar-refractivity contribution in [3.63, 3.8) is 0 Å². The van der Waals surface area contributed by atoms with Gasteiger partial charge in [-0.15, -0.1) is 0 Å². The fraction of sp³-hybridized carbons (Fsp3) is 1.00. The molecule has 112 valence electrons. The fourth-order valence-electron chi connectivity index (χ4n) is 4.26. The van der Waals surface area contributed by atoms with Gasteiger partial charge in [-0.1, -0.05) is 33.6 Å². The van der Waals surface area contributed by atoms with Crippen LogP contribution in [-0.2, 0) is 4.74 Å². The lowest BCUT2D eigenvalue weighted by Crippen LogP contribution is -2.46. The molecular formula is C17H33NO. The van der Waals surface area contributed by atoms with Gasteiger partial charge >= 0.3 is 0 Å². The number of nitrogens with one attached hydrogen (secondary N) is 1. The third-order valence-electron chi connectivity index (χ3n) is 5.47. The minimum absolute atomic E-state index is 0.524. The van der Waals surface area contributed by atoms with Gasteiger partial charge in [-0.25, -0.2) is 0 Å². The average Bonchev–Trinajstić information content (AvgIpc) is 2.39. The molecule has 0 bridgehead atoms. The second-order valence-electron chi connectivity index (χ2n) is 7.30. The van der Waals surface area contributed by atoms with Gasteiger partial charge in [-0.05, 0) is 55.9 Å². The topological polar surface area (TPSA) is 21.3 Å². The van der Waals surface area contributed by atoms with E-state index in [1.54, 1.807) is 0 Å². The molecule has 1 aliphatic carbocycles. The third kappa shape index (κ3) is 4.19. The van der Waals surface area contributed by atoms with Crippen molar-refractivity contribution in [2.45, 2.75) is 71.8 Å². The van der Waals surface area contributed by atoms with E-state index in [4.69, 9.17) is 4.74 Å². The van der Waals surface area contributed by atoms with Crippen molar-refractivity contribution in [1.29, 1.82) is 0 Å². The number of hydrogen-bond donors (Lipinski definition) is 1. The van der Waals surface area contributed by atoms with Gasteiger partial charge in [0.2, 0.25) is 0 Å². The molecule has 0 aromatic carbocycles. The highest BCUT2D eigenvalue weighted by Crippen LogP contribution is 2.44. The van der Waals surface area contributed by atoms with Gasteiger partial charge in [0.1, 0.15) is 0 Å². The Kier molecular flexibility index (Phi) is 5.70. The molecule has 2 heteroatoms. The van der Waals surface area contributed by atoms with E-state index >= 15 is 0 Å². The molecule has 0 spiro atoms. The average molecular weight is 267 g/mol. The molecule has 2 atom stereocenters. The molecule has 0 radical (unpaired) electrons. The summed E-state index contributed by atoms with van der Waals surface area (Å²) in [6, 6.07) is 0.725. The molecule has 19 heavy (non-hydrogen) atoms. The number of hydrogen-bond acceptors (Lipinski definition) is 2. The lowest BCUT2D eigenvalue weighted by molar-refractivity contribution is 0.0428. The zero-order valence-corrected chi connectivity index (χ0v) is 13.2. The van der Waals surface area contributed by atoms with Gasteiger partial charge in [0.05, 0.1) is 0 Å². The summed E-state index contributed by atoms with van der Waals surface area (Å²) in [5.41, 5.74) is 0.524. The fourth-order valence-corrected chi connectivity index (χ4v) is 4.26. The lowest BCUT2D eigenvalue weighted by atomic mass is 9.64. The van der Waals surface area contributed by atoms with Crippen molar-refractivity contribution in [3.05, 3.63) is 0 Å². The van der Waals surface area contributed by atoms with Crippen LogP contribution in [0.15, 0.2) is 0 Å². The second-order valence-corrected chi connectivity index (χ2v) is 7.30. The minimum atomic E-state index is 0.524. The van der Waals surface area contributed by atoms with Crippen molar-refractivity contribution in [1.82, 2.24) is 5.32 Å². The van der Waals surface area contributed by atoms with Crippen molar-refractivity contribution >= 4 is 0 Å². The molecule has 2 unspecified atom stereocenters. The van der Waals surface area contributed by atoms with Crippen LogP contribution in [0.4, 0.5) is 0 Å². The molecule has 1 saturated heterocycles. The van der Waals surface area contributed by atoms with Crippen LogP contribution in [0.5, 0.6) is 0 Å². The van der Waals surface area contributed by atoms with Crippen LogP contribution in [0.1, 0.15) is 65.7 Å². The standard InChI is InChI=1S/C17H33NO/c1-4-18-16(13-14-8-11-19-12-9-14)15-7-5-6-10-17(15,2)3/h14-16,18H,4-13H2,1-3H3. The van der Waals surface area contributed by atoms with Crippen LogP contribution in [0.2, 0.25) is 0 Å². The van der Waals surface area contributed by atoms with E-state index in [0.717, 1.165) is 37.6 Å². The summed E-state index contributed by atoms with van der Waals surface area (Å²) in [6.07, 6.45) is 9.61. The molecule has 1 heterocycles. The Bertz CT molecular complexity index is 258. The first-order chi connectivity index (χ1) is 9.13. The van der Waals surface area contributed by atoms with Crippen molar-refractivity contribution in [2.24, 2.45) is 17.3 Å². The molecule has 0 aromatic rings. The number of rotatable bonds is 5. The SMILES string of the molecule is CCNC(CC1CCOCC1)C1CCCCC1(C)C. The summed E-state index contributed by atoms with van der Waals surface area (Å²) in [6.45, 7) is 10.3. The molecule has 1 aliphatic heterocycles. The van der Waals surface area contributed by atoms with E-state index in [9.17, 15) is 0 Å². The largest absolute Gasteiger partial charge is 0.381 e. The Balaban J connectivity index is 1.96. The summed E-state index contributed by atoms with van der Waals surface area (Å²) < 4.78 is 5.51. The highest BCUT2D eigenvalue weighted by molar-refractivity contribution is 4.91. The van der Waals surface area contributed by atoms with Gasteiger partial charge in [0.15, 0.2) is 0 Å². The van der Waals surface area contributed by atoms with Gasteiger partial charge in [-0.2, -0.15) is 0 Å². The van der Waals surface area contributed by atoms with Gasteiger partial charge < -0.3 is 10.1 Å². The molecule has 1 N–H and O–H groups in total.